The first-order valence-electron chi connectivity index (χ1n) is 9.92. The largest absolute Gasteiger partial charge is 0.381 e. The highest BCUT2D eigenvalue weighted by Crippen LogP contribution is 2.30. The molecule has 1 fully saturated rings. The lowest BCUT2D eigenvalue weighted by molar-refractivity contribution is -0.115. The first kappa shape index (κ1) is 20.3. The second kappa shape index (κ2) is 9.23. The van der Waals surface area contributed by atoms with E-state index in [0.29, 0.717) is 16.6 Å². The molecule has 2 N–H and O–H groups in total. The summed E-state index contributed by atoms with van der Waals surface area (Å²) in [6, 6.07) is 10.0. The lowest BCUT2D eigenvalue weighted by atomic mass is 9.92. The van der Waals surface area contributed by atoms with Crippen LogP contribution in [0.15, 0.2) is 48.1 Å². The highest BCUT2D eigenvalue weighted by atomic mass is 32.1. The number of ether oxygens (including phenoxy) is 1. The Bertz CT molecular complexity index is 1040. The Kier molecular flexibility index (Phi) is 6.25. The summed E-state index contributed by atoms with van der Waals surface area (Å²) < 4.78 is 7.39. The summed E-state index contributed by atoms with van der Waals surface area (Å²) in [4.78, 5) is 28.8. The third-order valence-electron chi connectivity index (χ3n) is 5.07. The molecular weight excluding hydrogens is 400 g/mol. The number of aryl methyl sites for hydroxylation is 1. The minimum Gasteiger partial charge on any atom is -0.381 e. The Hall–Kier alpha value is -2.97. The van der Waals surface area contributed by atoms with Crippen LogP contribution in [-0.2, 0) is 16.6 Å². The van der Waals surface area contributed by atoms with Crippen molar-refractivity contribution in [2.75, 3.05) is 25.1 Å². The summed E-state index contributed by atoms with van der Waals surface area (Å²) in [5.74, 6) is -0.174. The number of benzene rings is 1. The summed E-state index contributed by atoms with van der Waals surface area (Å²) in [6.07, 6.45) is 5.70. The lowest BCUT2D eigenvalue weighted by Gasteiger charge is -2.22. The molecule has 0 bridgehead atoms. The second-order valence-electron chi connectivity index (χ2n) is 7.37. The van der Waals surface area contributed by atoms with Crippen LogP contribution in [0.1, 0.15) is 34.7 Å². The van der Waals surface area contributed by atoms with Crippen LogP contribution in [0, 0.1) is 0 Å². The molecule has 1 saturated heterocycles. The molecule has 2 amide bonds. The number of carbonyl (C=O) groups excluding carboxylic acids is 2. The number of nitrogens with zero attached hydrogens (tertiary/aromatic N) is 2. The van der Waals surface area contributed by atoms with Gasteiger partial charge in [0.1, 0.15) is 0 Å². The van der Waals surface area contributed by atoms with Gasteiger partial charge in [-0.3, -0.25) is 9.59 Å². The van der Waals surface area contributed by atoms with Crippen molar-refractivity contribution in [3.8, 4) is 11.3 Å². The maximum absolute atomic E-state index is 12.2. The van der Waals surface area contributed by atoms with Gasteiger partial charge in [0.05, 0.1) is 24.4 Å². The second-order valence-corrected chi connectivity index (χ2v) is 8.23. The van der Waals surface area contributed by atoms with E-state index < -0.39 is 0 Å². The van der Waals surface area contributed by atoms with Gasteiger partial charge in [-0.2, -0.15) is 0 Å². The summed E-state index contributed by atoms with van der Waals surface area (Å²) in [5.41, 5.74) is 3.62. The van der Waals surface area contributed by atoms with E-state index >= 15 is 0 Å². The molecule has 7 nitrogen and oxygen atoms in total. The van der Waals surface area contributed by atoms with Crippen LogP contribution in [0.4, 0.5) is 5.13 Å². The van der Waals surface area contributed by atoms with Gasteiger partial charge in [-0.1, -0.05) is 18.2 Å². The van der Waals surface area contributed by atoms with Gasteiger partial charge in [-0.25, -0.2) is 4.98 Å². The van der Waals surface area contributed by atoms with Crippen molar-refractivity contribution < 1.29 is 14.3 Å². The fourth-order valence-electron chi connectivity index (χ4n) is 3.48. The summed E-state index contributed by atoms with van der Waals surface area (Å²) in [5, 5.41) is 7.80. The summed E-state index contributed by atoms with van der Waals surface area (Å²) in [7, 11) is 1.84. The van der Waals surface area contributed by atoms with E-state index in [0.717, 1.165) is 37.3 Å². The van der Waals surface area contributed by atoms with E-state index in [9.17, 15) is 9.59 Å². The zero-order valence-electron chi connectivity index (χ0n) is 16.8. The van der Waals surface area contributed by atoms with Crippen molar-refractivity contribution in [3.05, 3.63) is 59.2 Å². The average Bonchev–Trinajstić information content (AvgIpc) is 3.42. The number of carbonyl (C=O) groups is 2. The number of nitrogens with one attached hydrogen (secondary N) is 2. The predicted octanol–water partition coefficient (Wildman–Crippen LogP) is 3.41. The predicted molar refractivity (Wildman–Crippen MR) is 117 cm³/mol. The van der Waals surface area contributed by atoms with E-state index in [-0.39, 0.29) is 18.4 Å². The quantitative estimate of drug-likeness (QED) is 0.635. The Labute approximate surface area is 179 Å². The molecule has 1 aliphatic rings. The van der Waals surface area contributed by atoms with Crippen molar-refractivity contribution in [1.29, 1.82) is 0 Å². The van der Waals surface area contributed by atoms with E-state index in [1.54, 1.807) is 23.0 Å². The normalized spacial score (nSPS) is 16.2. The molecule has 1 atom stereocenters. The molecule has 30 heavy (non-hydrogen) atoms. The highest BCUT2D eigenvalue weighted by molar-refractivity contribution is 7.14. The van der Waals surface area contributed by atoms with Gasteiger partial charge in [0.25, 0.3) is 5.91 Å². The summed E-state index contributed by atoms with van der Waals surface area (Å²) in [6.45, 7) is 1.49. The molecule has 3 aromatic rings. The SMILES string of the molecule is Cn1ccc(C(=O)NCC(=O)Nc2nc(-c3cccc(C4CCCOC4)c3)cs2)c1. The zero-order valence-corrected chi connectivity index (χ0v) is 17.6. The van der Waals surface area contributed by atoms with Crippen molar-refractivity contribution in [2.45, 2.75) is 18.8 Å². The Morgan fingerprint density at radius 3 is 3.00 bits per heavy atom. The summed E-state index contributed by atoms with van der Waals surface area (Å²) >= 11 is 1.36. The standard InChI is InChI=1S/C22H24N4O3S/c1-26-8-7-17(12-26)21(28)23-11-20(27)25-22-24-19(14-30-22)16-5-2-4-15(10-16)18-6-3-9-29-13-18/h2,4-5,7-8,10,12,14,18H,3,6,9,11,13H2,1H3,(H,23,28)(H,24,25,27). The number of hydrogen-bond donors (Lipinski definition) is 2. The molecule has 8 heteroatoms. The monoisotopic (exact) mass is 424 g/mol. The van der Waals surface area contributed by atoms with Gasteiger partial charge in [0.15, 0.2) is 5.13 Å². The van der Waals surface area contributed by atoms with Crippen molar-refractivity contribution in [2.24, 2.45) is 7.05 Å². The number of anilines is 1. The first-order valence-corrected chi connectivity index (χ1v) is 10.8. The lowest BCUT2D eigenvalue weighted by Crippen LogP contribution is -2.32. The van der Waals surface area contributed by atoms with Gasteiger partial charge in [0, 0.05) is 42.9 Å². The molecule has 1 aromatic carbocycles. The molecule has 3 heterocycles. The fraction of sp³-hybridized carbons (Fsp3) is 0.318. The van der Waals surface area contributed by atoms with Gasteiger partial charge >= 0.3 is 0 Å². The highest BCUT2D eigenvalue weighted by Gasteiger charge is 2.17. The molecule has 1 unspecified atom stereocenters. The van der Waals surface area contributed by atoms with Crippen LogP contribution in [0.2, 0.25) is 0 Å². The van der Waals surface area contributed by atoms with Crippen LogP contribution in [0.25, 0.3) is 11.3 Å². The van der Waals surface area contributed by atoms with Gasteiger partial charge in [0.2, 0.25) is 5.91 Å². The van der Waals surface area contributed by atoms with Crippen LogP contribution in [-0.4, -0.2) is 41.1 Å². The van der Waals surface area contributed by atoms with E-state index in [4.69, 9.17) is 4.74 Å². The molecule has 4 rings (SSSR count). The van der Waals surface area contributed by atoms with E-state index in [2.05, 4.69) is 27.8 Å². The number of aromatic nitrogens is 2. The number of thiazole rings is 1. The molecule has 0 radical (unpaired) electrons. The van der Waals surface area contributed by atoms with E-state index in [1.165, 1.54) is 16.9 Å². The van der Waals surface area contributed by atoms with E-state index in [1.807, 2.05) is 24.6 Å². The molecule has 1 aliphatic heterocycles. The third-order valence-corrected chi connectivity index (χ3v) is 5.83. The van der Waals surface area contributed by atoms with Crippen LogP contribution in [0.3, 0.4) is 0 Å². The molecule has 156 valence electrons. The van der Waals surface area contributed by atoms with Crippen molar-refractivity contribution in [3.63, 3.8) is 0 Å². The van der Waals surface area contributed by atoms with Crippen molar-refractivity contribution in [1.82, 2.24) is 14.9 Å². The van der Waals surface area contributed by atoms with Crippen LogP contribution in [0.5, 0.6) is 0 Å². The molecule has 2 aromatic heterocycles. The van der Waals surface area contributed by atoms with Gasteiger partial charge in [-0.05, 0) is 30.5 Å². The van der Waals surface area contributed by atoms with Crippen molar-refractivity contribution >= 4 is 28.3 Å². The number of hydrogen-bond acceptors (Lipinski definition) is 5. The maximum atomic E-state index is 12.2. The topological polar surface area (TPSA) is 85.3 Å². The molecule has 0 spiro atoms. The fourth-order valence-corrected chi connectivity index (χ4v) is 4.22. The third kappa shape index (κ3) is 4.95. The zero-order chi connectivity index (χ0) is 20.9. The Balaban J connectivity index is 1.34. The smallest absolute Gasteiger partial charge is 0.253 e. The minimum atomic E-state index is -0.312. The minimum absolute atomic E-state index is 0.111. The number of amides is 2. The molecule has 0 saturated carbocycles. The van der Waals surface area contributed by atoms with Gasteiger partial charge < -0.3 is 19.9 Å². The first-order chi connectivity index (χ1) is 14.6. The van der Waals surface area contributed by atoms with Gasteiger partial charge in [-0.15, -0.1) is 11.3 Å². The Morgan fingerprint density at radius 2 is 2.23 bits per heavy atom. The van der Waals surface area contributed by atoms with Crippen LogP contribution < -0.4 is 10.6 Å². The Morgan fingerprint density at radius 1 is 1.33 bits per heavy atom. The molecule has 0 aliphatic carbocycles. The molecular formula is C22H24N4O3S. The average molecular weight is 425 g/mol. The van der Waals surface area contributed by atoms with Crippen LogP contribution >= 0.6 is 11.3 Å². The maximum Gasteiger partial charge on any atom is 0.253 e. The number of rotatable bonds is 6.